The van der Waals surface area contributed by atoms with Crippen molar-refractivity contribution in [1.29, 1.82) is 0 Å². The summed E-state index contributed by atoms with van der Waals surface area (Å²) in [5.41, 5.74) is 3.55. The van der Waals surface area contributed by atoms with Gasteiger partial charge in [0.1, 0.15) is 19.1 Å². The van der Waals surface area contributed by atoms with E-state index < -0.39 is 0 Å². The van der Waals surface area contributed by atoms with Crippen molar-refractivity contribution < 1.29 is 10.0 Å². The quantitative estimate of drug-likeness (QED) is 0.509. The van der Waals surface area contributed by atoms with Gasteiger partial charge in [-0.1, -0.05) is 13.3 Å². The largest absolute Gasteiger partial charge is 0.391 e. The average molecular weight is 428 g/mol. The lowest BCUT2D eigenvalue weighted by molar-refractivity contribution is -0.946. The number of aliphatic hydroxyl groups excluding tert-OH is 1. The summed E-state index contributed by atoms with van der Waals surface area (Å²) in [5.74, 6) is 0.793. The molecular formula is C23H35N6O2+. The molecule has 1 aromatic carbocycles. The van der Waals surface area contributed by atoms with Crippen LogP contribution < -0.4 is 10.5 Å². The number of tetrazole rings is 1. The molecule has 2 heterocycles. The first-order valence-electron chi connectivity index (χ1n) is 11.0. The Hall–Kier alpha value is -2.58. The predicted molar refractivity (Wildman–Crippen MR) is 121 cm³/mol. The zero-order valence-corrected chi connectivity index (χ0v) is 19.5. The van der Waals surface area contributed by atoms with E-state index in [0.717, 1.165) is 40.0 Å². The minimum Gasteiger partial charge on any atom is -0.391 e. The van der Waals surface area contributed by atoms with Crippen LogP contribution in [0.2, 0.25) is 0 Å². The monoisotopic (exact) mass is 427 g/mol. The number of hydrogen-bond donors (Lipinski definition) is 3. The number of quaternary nitrogens is 1. The van der Waals surface area contributed by atoms with E-state index >= 15 is 0 Å². The van der Waals surface area contributed by atoms with Gasteiger partial charge in [0.15, 0.2) is 0 Å². The molecule has 0 radical (unpaired) electrons. The second kappa shape index (κ2) is 9.28. The number of rotatable bonds is 8. The third-order valence-corrected chi connectivity index (χ3v) is 5.90. The van der Waals surface area contributed by atoms with Crippen molar-refractivity contribution in [2.75, 3.05) is 13.2 Å². The van der Waals surface area contributed by atoms with Gasteiger partial charge in [0, 0.05) is 11.9 Å². The molecule has 0 aliphatic heterocycles. The SMILES string of the molecule is CCC[C@@H](c1nnnn1C(C)(C)C)[NH+](CCO)Cc1cc2cc(C)c(C)cc2[nH]c1=O. The van der Waals surface area contributed by atoms with Crippen molar-refractivity contribution in [3.05, 3.63) is 51.1 Å². The van der Waals surface area contributed by atoms with E-state index in [9.17, 15) is 9.90 Å². The number of H-pyrrole nitrogens is 1. The van der Waals surface area contributed by atoms with Crippen LogP contribution in [-0.4, -0.2) is 43.4 Å². The molecule has 8 nitrogen and oxygen atoms in total. The summed E-state index contributed by atoms with van der Waals surface area (Å²) in [5, 5.41) is 23.3. The Labute approximate surface area is 183 Å². The number of aromatic nitrogens is 5. The predicted octanol–water partition coefficient (Wildman–Crippen LogP) is 1.81. The number of aliphatic hydroxyl groups is 1. The molecule has 8 heteroatoms. The fraction of sp³-hybridized carbons (Fsp3) is 0.565. The highest BCUT2D eigenvalue weighted by atomic mass is 16.3. The van der Waals surface area contributed by atoms with Crippen molar-refractivity contribution in [3.63, 3.8) is 0 Å². The van der Waals surface area contributed by atoms with Crippen molar-refractivity contribution in [2.45, 2.75) is 72.5 Å². The molecule has 0 spiro atoms. The molecule has 2 atom stereocenters. The zero-order valence-electron chi connectivity index (χ0n) is 19.5. The van der Waals surface area contributed by atoms with Crippen LogP contribution in [0.25, 0.3) is 10.9 Å². The maximum atomic E-state index is 12.9. The van der Waals surface area contributed by atoms with Gasteiger partial charge in [0.2, 0.25) is 5.82 Å². The minimum atomic E-state index is -0.259. The highest BCUT2D eigenvalue weighted by molar-refractivity contribution is 5.80. The minimum absolute atomic E-state index is 0.0242. The van der Waals surface area contributed by atoms with Crippen LogP contribution >= 0.6 is 0 Å². The zero-order chi connectivity index (χ0) is 22.8. The normalized spacial score (nSPS) is 14.2. The Kier molecular flexibility index (Phi) is 6.91. The third-order valence-electron chi connectivity index (χ3n) is 5.90. The highest BCUT2D eigenvalue weighted by Crippen LogP contribution is 2.21. The van der Waals surface area contributed by atoms with Crippen molar-refractivity contribution in [2.24, 2.45) is 0 Å². The molecule has 168 valence electrons. The highest BCUT2D eigenvalue weighted by Gasteiger charge is 2.32. The molecule has 2 aromatic heterocycles. The maximum absolute atomic E-state index is 12.9. The molecule has 1 unspecified atom stereocenters. The molecule has 0 fully saturated rings. The summed E-state index contributed by atoms with van der Waals surface area (Å²) >= 11 is 0. The summed E-state index contributed by atoms with van der Waals surface area (Å²) in [6.45, 7) is 13.5. The van der Waals surface area contributed by atoms with Crippen LogP contribution in [0.15, 0.2) is 23.0 Å². The van der Waals surface area contributed by atoms with Gasteiger partial charge in [-0.25, -0.2) is 4.68 Å². The number of aromatic amines is 1. The number of pyridine rings is 1. The van der Waals surface area contributed by atoms with E-state index in [1.165, 1.54) is 5.56 Å². The summed E-state index contributed by atoms with van der Waals surface area (Å²) in [6, 6.07) is 6.08. The Balaban J connectivity index is 2.03. The lowest BCUT2D eigenvalue weighted by atomic mass is 10.0. The molecular weight excluding hydrogens is 392 g/mol. The van der Waals surface area contributed by atoms with E-state index in [-0.39, 0.29) is 23.7 Å². The summed E-state index contributed by atoms with van der Waals surface area (Å²) in [7, 11) is 0. The second-order valence-corrected chi connectivity index (χ2v) is 9.42. The topological polar surface area (TPSA) is 101 Å². The number of nitrogens with zero attached hydrogens (tertiary/aromatic N) is 4. The van der Waals surface area contributed by atoms with E-state index in [1.54, 1.807) is 0 Å². The van der Waals surface area contributed by atoms with Gasteiger partial charge < -0.3 is 15.0 Å². The van der Waals surface area contributed by atoms with Gasteiger partial charge in [-0.05, 0) is 79.8 Å². The Bertz CT molecular complexity index is 1100. The van der Waals surface area contributed by atoms with Gasteiger partial charge >= 0.3 is 0 Å². The first-order chi connectivity index (χ1) is 14.7. The lowest BCUT2D eigenvalue weighted by Crippen LogP contribution is -3.11. The number of hydrogen-bond acceptors (Lipinski definition) is 5. The van der Waals surface area contributed by atoms with Crippen LogP contribution in [0, 0.1) is 13.8 Å². The van der Waals surface area contributed by atoms with E-state index in [1.807, 2.05) is 23.7 Å². The smallest absolute Gasteiger partial charge is 0.257 e. The number of aryl methyl sites for hydroxylation is 2. The Morgan fingerprint density at radius 2 is 1.90 bits per heavy atom. The molecule has 0 amide bonds. The number of nitrogens with one attached hydrogen (secondary N) is 2. The summed E-state index contributed by atoms with van der Waals surface area (Å²) in [4.78, 5) is 17.0. The molecule has 3 rings (SSSR count). The third kappa shape index (κ3) is 5.02. The molecule has 3 aromatic rings. The molecule has 31 heavy (non-hydrogen) atoms. The fourth-order valence-corrected chi connectivity index (χ4v) is 4.12. The van der Waals surface area contributed by atoms with Gasteiger partial charge in [-0.15, -0.1) is 5.10 Å². The Morgan fingerprint density at radius 3 is 2.55 bits per heavy atom. The van der Waals surface area contributed by atoms with E-state index in [0.29, 0.717) is 18.7 Å². The van der Waals surface area contributed by atoms with Crippen LogP contribution in [0.5, 0.6) is 0 Å². The second-order valence-electron chi connectivity index (χ2n) is 9.42. The molecule has 0 aliphatic rings. The first kappa shape index (κ1) is 23.1. The van der Waals surface area contributed by atoms with E-state index in [2.05, 4.69) is 61.2 Å². The molecule has 0 saturated heterocycles. The molecule has 0 aliphatic carbocycles. The van der Waals surface area contributed by atoms with Crippen LogP contribution in [0.4, 0.5) is 0 Å². The molecule has 0 saturated carbocycles. The summed E-state index contributed by atoms with van der Waals surface area (Å²) < 4.78 is 1.86. The Morgan fingerprint density at radius 1 is 1.19 bits per heavy atom. The first-order valence-corrected chi connectivity index (χ1v) is 11.0. The van der Waals surface area contributed by atoms with Crippen LogP contribution in [-0.2, 0) is 12.1 Å². The lowest BCUT2D eigenvalue weighted by Gasteiger charge is -2.29. The average Bonchev–Trinajstić information content (AvgIpc) is 3.18. The maximum Gasteiger partial charge on any atom is 0.257 e. The fourth-order valence-electron chi connectivity index (χ4n) is 4.12. The van der Waals surface area contributed by atoms with Crippen molar-refractivity contribution >= 4 is 10.9 Å². The summed E-state index contributed by atoms with van der Waals surface area (Å²) in [6.07, 6.45) is 1.80. The number of benzene rings is 1. The molecule has 3 N–H and O–H groups in total. The van der Waals surface area contributed by atoms with Crippen LogP contribution in [0.1, 0.15) is 69.1 Å². The van der Waals surface area contributed by atoms with Gasteiger partial charge in [0.05, 0.1) is 17.7 Å². The van der Waals surface area contributed by atoms with Gasteiger partial charge in [-0.3, -0.25) is 4.79 Å². The molecule has 0 bridgehead atoms. The van der Waals surface area contributed by atoms with Gasteiger partial charge in [-0.2, -0.15) is 0 Å². The van der Waals surface area contributed by atoms with Crippen molar-refractivity contribution in [3.8, 4) is 0 Å². The van der Waals surface area contributed by atoms with Crippen LogP contribution in [0.3, 0.4) is 0 Å². The number of fused-ring (bicyclic) bond motifs is 1. The van der Waals surface area contributed by atoms with Crippen molar-refractivity contribution in [1.82, 2.24) is 25.2 Å². The van der Waals surface area contributed by atoms with E-state index in [4.69, 9.17) is 0 Å². The standard InChI is InChI=1S/C23H34N6O2/c1-7-8-20(21-25-26-27-29(21)23(4,5)6)28(9-10-30)14-18-13-17-11-15(2)16(3)12-19(17)24-22(18)31/h11-13,20,30H,7-10,14H2,1-6H3,(H,24,31)/p+1/t20-/m0/s1. The van der Waals surface area contributed by atoms with Gasteiger partial charge in [0.25, 0.3) is 5.56 Å².